The molecule has 0 fully saturated rings. The first kappa shape index (κ1) is 8.66. The summed E-state index contributed by atoms with van der Waals surface area (Å²) in [6.45, 7) is 4.77. The average molecular weight is 129 g/mol. The van der Waals surface area contributed by atoms with Gasteiger partial charge in [-0.25, -0.2) is 0 Å². The van der Waals surface area contributed by atoms with Crippen molar-refractivity contribution >= 4 is 0 Å². The molecule has 2 heteroatoms. The Kier molecular flexibility index (Phi) is 4.36. The number of rotatable bonds is 3. The van der Waals surface area contributed by atoms with E-state index in [9.17, 15) is 0 Å². The standard InChI is InChI=1S/C7H15NO/c1-4-6-7(9)8(3)5-2/h4,6-7,9H,5H2,1-3H3/b6-4+. The summed E-state index contributed by atoms with van der Waals surface area (Å²) >= 11 is 0. The summed E-state index contributed by atoms with van der Waals surface area (Å²) in [5, 5.41) is 9.16. The van der Waals surface area contributed by atoms with E-state index in [1.165, 1.54) is 0 Å². The molecule has 0 aliphatic rings. The molecule has 0 saturated carbocycles. The van der Waals surface area contributed by atoms with Crippen LogP contribution in [-0.4, -0.2) is 29.8 Å². The third-order valence-electron chi connectivity index (χ3n) is 1.31. The fourth-order valence-corrected chi connectivity index (χ4v) is 0.506. The molecule has 0 bridgehead atoms. The smallest absolute Gasteiger partial charge is 0.126 e. The van der Waals surface area contributed by atoms with E-state index < -0.39 is 6.23 Å². The van der Waals surface area contributed by atoms with Gasteiger partial charge in [0.25, 0.3) is 0 Å². The lowest BCUT2D eigenvalue weighted by Gasteiger charge is -2.17. The van der Waals surface area contributed by atoms with Crippen molar-refractivity contribution in [3.63, 3.8) is 0 Å². The first-order valence-electron chi connectivity index (χ1n) is 3.23. The third-order valence-corrected chi connectivity index (χ3v) is 1.31. The van der Waals surface area contributed by atoms with E-state index in [0.29, 0.717) is 0 Å². The monoisotopic (exact) mass is 129 g/mol. The van der Waals surface area contributed by atoms with Gasteiger partial charge in [0.1, 0.15) is 6.23 Å². The number of aliphatic hydroxyl groups is 1. The van der Waals surface area contributed by atoms with Gasteiger partial charge in [0.05, 0.1) is 0 Å². The lowest BCUT2D eigenvalue weighted by atomic mass is 10.4. The fraction of sp³-hybridized carbons (Fsp3) is 0.714. The van der Waals surface area contributed by atoms with Crippen LogP contribution in [0.1, 0.15) is 13.8 Å². The van der Waals surface area contributed by atoms with Crippen LogP contribution in [0.2, 0.25) is 0 Å². The zero-order chi connectivity index (χ0) is 7.28. The number of likely N-dealkylation sites (N-methyl/N-ethyl adjacent to an activating group) is 1. The largest absolute Gasteiger partial charge is 0.375 e. The summed E-state index contributed by atoms with van der Waals surface area (Å²) in [4.78, 5) is 1.85. The quantitative estimate of drug-likeness (QED) is 0.450. The van der Waals surface area contributed by atoms with E-state index in [2.05, 4.69) is 0 Å². The zero-order valence-electron chi connectivity index (χ0n) is 6.33. The van der Waals surface area contributed by atoms with E-state index >= 15 is 0 Å². The lowest BCUT2D eigenvalue weighted by molar-refractivity contribution is 0.0671. The third kappa shape index (κ3) is 3.27. The minimum Gasteiger partial charge on any atom is -0.375 e. The van der Waals surface area contributed by atoms with Gasteiger partial charge in [-0.15, -0.1) is 0 Å². The summed E-state index contributed by atoms with van der Waals surface area (Å²) in [6.07, 6.45) is 3.18. The number of hydrogen-bond donors (Lipinski definition) is 1. The highest BCUT2D eigenvalue weighted by atomic mass is 16.3. The molecule has 0 radical (unpaired) electrons. The summed E-state index contributed by atoms with van der Waals surface area (Å²) < 4.78 is 0. The Labute approximate surface area is 56.8 Å². The molecule has 0 aromatic carbocycles. The van der Waals surface area contributed by atoms with Gasteiger partial charge < -0.3 is 5.11 Å². The van der Waals surface area contributed by atoms with Gasteiger partial charge in [-0.2, -0.15) is 0 Å². The normalized spacial score (nSPS) is 15.2. The van der Waals surface area contributed by atoms with Gasteiger partial charge in [-0.05, 0) is 26.6 Å². The lowest BCUT2D eigenvalue weighted by Crippen LogP contribution is -2.29. The van der Waals surface area contributed by atoms with Crippen molar-refractivity contribution in [3.05, 3.63) is 12.2 Å². The van der Waals surface area contributed by atoms with Crippen LogP contribution in [0.5, 0.6) is 0 Å². The van der Waals surface area contributed by atoms with Crippen LogP contribution in [0.15, 0.2) is 12.2 Å². The van der Waals surface area contributed by atoms with Crippen LogP contribution in [0.3, 0.4) is 0 Å². The van der Waals surface area contributed by atoms with Crippen LogP contribution in [0, 0.1) is 0 Å². The highest BCUT2D eigenvalue weighted by molar-refractivity contribution is 4.83. The molecule has 0 spiro atoms. The maximum Gasteiger partial charge on any atom is 0.126 e. The Bertz CT molecular complexity index is 90.9. The molecule has 2 nitrogen and oxygen atoms in total. The SMILES string of the molecule is C/C=C/C(O)N(C)CC. The molecule has 1 N–H and O–H groups in total. The molecule has 0 saturated heterocycles. The second-order valence-electron chi connectivity index (χ2n) is 2.01. The summed E-state index contributed by atoms with van der Waals surface area (Å²) in [7, 11) is 1.88. The summed E-state index contributed by atoms with van der Waals surface area (Å²) in [5.74, 6) is 0. The predicted molar refractivity (Wildman–Crippen MR) is 39.1 cm³/mol. The van der Waals surface area contributed by atoms with Crippen molar-refractivity contribution in [3.8, 4) is 0 Å². The van der Waals surface area contributed by atoms with Gasteiger partial charge >= 0.3 is 0 Å². The Morgan fingerprint density at radius 3 is 2.56 bits per heavy atom. The molecular formula is C7H15NO. The second kappa shape index (κ2) is 4.53. The van der Waals surface area contributed by atoms with E-state index in [4.69, 9.17) is 5.11 Å². The molecular weight excluding hydrogens is 114 g/mol. The Morgan fingerprint density at radius 2 is 2.22 bits per heavy atom. The van der Waals surface area contributed by atoms with E-state index in [1.807, 2.05) is 31.9 Å². The molecule has 0 amide bonds. The fourth-order valence-electron chi connectivity index (χ4n) is 0.506. The van der Waals surface area contributed by atoms with Gasteiger partial charge in [-0.3, -0.25) is 4.90 Å². The maximum atomic E-state index is 9.16. The minimum absolute atomic E-state index is 0.417. The Morgan fingerprint density at radius 1 is 1.67 bits per heavy atom. The van der Waals surface area contributed by atoms with Crippen molar-refractivity contribution in [1.82, 2.24) is 4.90 Å². The molecule has 1 atom stereocenters. The molecule has 1 unspecified atom stereocenters. The van der Waals surface area contributed by atoms with Gasteiger partial charge in [0, 0.05) is 0 Å². The first-order valence-corrected chi connectivity index (χ1v) is 3.23. The summed E-state index contributed by atoms with van der Waals surface area (Å²) in [6, 6.07) is 0. The predicted octanol–water partition coefficient (Wildman–Crippen LogP) is 0.833. The van der Waals surface area contributed by atoms with Crippen molar-refractivity contribution in [2.24, 2.45) is 0 Å². The van der Waals surface area contributed by atoms with Crippen LogP contribution in [0.4, 0.5) is 0 Å². The van der Waals surface area contributed by atoms with Gasteiger partial charge in [-0.1, -0.05) is 13.0 Å². The van der Waals surface area contributed by atoms with Crippen LogP contribution in [-0.2, 0) is 0 Å². The second-order valence-corrected chi connectivity index (χ2v) is 2.01. The molecule has 0 aromatic heterocycles. The molecule has 0 rings (SSSR count). The van der Waals surface area contributed by atoms with Crippen molar-refractivity contribution < 1.29 is 5.11 Å². The van der Waals surface area contributed by atoms with Crippen LogP contribution in [0.25, 0.3) is 0 Å². The van der Waals surface area contributed by atoms with E-state index in [-0.39, 0.29) is 0 Å². The van der Waals surface area contributed by atoms with Gasteiger partial charge in [0.15, 0.2) is 0 Å². The van der Waals surface area contributed by atoms with Crippen molar-refractivity contribution in [1.29, 1.82) is 0 Å². The van der Waals surface area contributed by atoms with E-state index in [1.54, 1.807) is 6.08 Å². The summed E-state index contributed by atoms with van der Waals surface area (Å²) in [5.41, 5.74) is 0. The molecule has 0 heterocycles. The van der Waals surface area contributed by atoms with Crippen molar-refractivity contribution in [2.45, 2.75) is 20.1 Å². The van der Waals surface area contributed by atoms with E-state index in [0.717, 1.165) is 6.54 Å². The van der Waals surface area contributed by atoms with Crippen LogP contribution >= 0.6 is 0 Å². The number of hydrogen-bond acceptors (Lipinski definition) is 2. The zero-order valence-corrected chi connectivity index (χ0v) is 6.33. The van der Waals surface area contributed by atoms with Crippen molar-refractivity contribution in [2.75, 3.05) is 13.6 Å². The highest BCUT2D eigenvalue weighted by Gasteiger charge is 2.01. The average Bonchev–Trinajstić information content (AvgIpc) is 1.87. The molecule has 9 heavy (non-hydrogen) atoms. The van der Waals surface area contributed by atoms with Gasteiger partial charge in [0.2, 0.25) is 0 Å². The highest BCUT2D eigenvalue weighted by Crippen LogP contribution is 1.91. The topological polar surface area (TPSA) is 23.5 Å². The molecule has 54 valence electrons. The Hall–Kier alpha value is -0.340. The van der Waals surface area contributed by atoms with Crippen LogP contribution < -0.4 is 0 Å². The minimum atomic E-state index is -0.417. The number of nitrogens with zero attached hydrogens (tertiary/aromatic N) is 1. The number of aliphatic hydroxyl groups excluding tert-OH is 1. The Balaban J connectivity index is 3.58. The first-order chi connectivity index (χ1) is 4.22. The maximum absolute atomic E-state index is 9.16. The molecule has 0 aromatic rings. The number of allylic oxidation sites excluding steroid dienone is 1. The molecule has 0 aliphatic heterocycles. The molecule has 0 aliphatic carbocycles.